The molecule has 0 unspecified atom stereocenters. The van der Waals surface area contributed by atoms with Gasteiger partial charge in [0.05, 0.1) is 67.7 Å². The van der Waals surface area contributed by atoms with Gasteiger partial charge in [-0.05, 0) is 78.4 Å². The van der Waals surface area contributed by atoms with Crippen molar-refractivity contribution in [1.82, 2.24) is 13.7 Å². The van der Waals surface area contributed by atoms with E-state index >= 15 is 0 Å². The lowest BCUT2D eigenvalue weighted by Gasteiger charge is -2.17. The number of para-hydroxylation sites is 5. The second kappa shape index (κ2) is 11.8. The molecule has 0 bridgehead atoms. The molecule has 8 aromatic carbocycles. The molecular weight excluding hydrogens is 671 g/mol. The zero-order chi connectivity index (χ0) is 36.6. The van der Waals surface area contributed by atoms with Crippen molar-refractivity contribution < 1.29 is 0 Å². The SMILES string of the molecule is N#Cc1ccc2c(c1)c1ccccc1n2-c1cccc2c3ccccc3n(-c3ccc(-c4c(C#N)cccc4-n4c5ccccc5c5ccccc54)cc3)c12. The first kappa shape index (κ1) is 30.7. The Balaban J connectivity index is 1.16. The van der Waals surface area contributed by atoms with Gasteiger partial charge in [0, 0.05) is 43.6 Å². The monoisotopic (exact) mass is 699 g/mol. The van der Waals surface area contributed by atoms with Crippen molar-refractivity contribution in [2.75, 3.05) is 0 Å². The summed E-state index contributed by atoms with van der Waals surface area (Å²) in [7, 11) is 0. The minimum absolute atomic E-state index is 0.622. The Morgan fingerprint density at radius 3 is 1.47 bits per heavy atom. The summed E-state index contributed by atoms with van der Waals surface area (Å²) in [5, 5.41) is 27.1. The van der Waals surface area contributed by atoms with E-state index in [1.165, 1.54) is 16.2 Å². The molecule has 0 aliphatic rings. The summed E-state index contributed by atoms with van der Waals surface area (Å²) in [5.74, 6) is 0. The predicted molar refractivity (Wildman–Crippen MR) is 224 cm³/mol. The summed E-state index contributed by atoms with van der Waals surface area (Å²) in [5.41, 5.74) is 12.7. The molecular formula is C50H29N5. The molecule has 0 radical (unpaired) electrons. The van der Waals surface area contributed by atoms with Gasteiger partial charge >= 0.3 is 0 Å². The Kier molecular flexibility index (Phi) is 6.61. The van der Waals surface area contributed by atoms with Crippen molar-refractivity contribution in [3.63, 3.8) is 0 Å². The van der Waals surface area contributed by atoms with Crippen LogP contribution in [0.25, 0.3) is 93.6 Å². The highest BCUT2D eigenvalue weighted by molar-refractivity contribution is 6.15. The Morgan fingerprint density at radius 2 is 0.855 bits per heavy atom. The van der Waals surface area contributed by atoms with E-state index in [2.05, 4.69) is 177 Å². The van der Waals surface area contributed by atoms with E-state index in [1.807, 2.05) is 24.3 Å². The lowest BCUT2D eigenvalue weighted by atomic mass is 9.97. The molecule has 0 saturated heterocycles. The van der Waals surface area contributed by atoms with Crippen LogP contribution in [-0.4, -0.2) is 13.7 Å². The largest absolute Gasteiger partial charge is 0.309 e. The van der Waals surface area contributed by atoms with Gasteiger partial charge < -0.3 is 13.7 Å². The highest BCUT2D eigenvalue weighted by Gasteiger charge is 2.22. The Labute approximate surface area is 316 Å². The number of nitrogens with zero attached hydrogens (tertiary/aromatic N) is 5. The smallest absolute Gasteiger partial charge is 0.0998 e. The number of hydrogen-bond donors (Lipinski definition) is 0. The average molecular weight is 700 g/mol. The van der Waals surface area contributed by atoms with E-state index in [4.69, 9.17) is 0 Å². The van der Waals surface area contributed by atoms with E-state index < -0.39 is 0 Å². The molecule has 3 heterocycles. The average Bonchev–Trinajstić information content (AvgIpc) is 3.89. The molecule has 55 heavy (non-hydrogen) atoms. The quantitative estimate of drug-likeness (QED) is 0.184. The third kappa shape index (κ3) is 4.39. The maximum absolute atomic E-state index is 10.5. The molecule has 0 fully saturated rings. The number of hydrogen-bond acceptors (Lipinski definition) is 2. The van der Waals surface area contributed by atoms with Gasteiger partial charge in [-0.15, -0.1) is 0 Å². The summed E-state index contributed by atoms with van der Waals surface area (Å²) in [6, 6.07) is 65.9. The molecule has 0 N–H and O–H groups in total. The molecule has 254 valence electrons. The van der Waals surface area contributed by atoms with Crippen LogP contribution in [0.1, 0.15) is 11.1 Å². The molecule has 0 aliphatic heterocycles. The molecule has 0 spiro atoms. The summed E-state index contributed by atoms with van der Waals surface area (Å²) in [4.78, 5) is 0. The molecule has 0 atom stereocenters. The van der Waals surface area contributed by atoms with Gasteiger partial charge in [0.15, 0.2) is 0 Å². The maximum atomic E-state index is 10.5. The van der Waals surface area contributed by atoms with Crippen molar-refractivity contribution in [1.29, 1.82) is 10.5 Å². The Hall–Kier alpha value is -7.86. The van der Waals surface area contributed by atoms with Crippen LogP contribution in [0.4, 0.5) is 0 Å². The number of rotatable bonds is 4. The van der Waals surface area contributed by atoms with E-state index in [0.717, 1.165) is 77.4 Å². The van der Waals surface area contributed by atoms with Gasteiger partial charge in [0.25, 0.3) is 0 Å². The second-order valence-corrected chi connectivity index (χ2v) is 14.0. The fraction of sp³-hybridized carbons (Fsp3) is 0. The van der Waals surface area contributed by atoms with Gasteiger partial charge in [0.1, 0.15) is 0 Å². The summed E-state index contributed by atoms with van der Waals surface area (Å²) in [6.45, 7) is 0. The zero-order valence-corrected chi connectivity index (χ0v) is 29.5. The lowest BCUT2D eigenvalue weighted by molar-refractivity contribution is 1.13. The fourth-order valence-electron chi connectivity index (χ4n) is 8.83. The Morgan fingerprint density at radius 1 is 0.364 bits per heavy atom. The van der Waals surface area contributed by atoms with Crippen LogP contribution in [0.2, 0.25) is 0 Å². The Bertz CT molecular complexity index is 3400. The predicted octanol–water partition coefficient (Wildman–Crippen LogP) is 12.4. The summed E-state index contributed by atoms with van der Waals surface area (Å²) >= 11 is 0. The number of benzene rings is 8. The lowest BCUT2D eigenvalue weighted by Crippen LogP contribution is -2.01. The molecule has 0 amide bonds. The van der Waals surface area contributed by atoms with Crippen LogP contribution in [0.15, 0.2) is 176 Å². The second-order valence-electron chi connectivity index (χ2n) is 14.0. The minimum Gasteiger partial charge on any atom is -0.309 e. The van der Waals surface area contributed by atoms with Crippen LogP contribution < -0.4 is 0 Å². The van der Waals surface area contributed by atoms with Crippen molar-refractivity contribution in [3.05, 3.63) is 187 Å². The van der Waals surface area contributed by atoms with Crippen molar-refractivity contribution in [2.24, 2.45) is 0 Å². The van der Waals surface area contributed by atoms with Crippen molar-refractivity contribution in [2.45, 2.75) is 0 Å². The van der Waals surface area contributed by atoms with Crippen molar-refractivity contribution in [3.8, 4) is 40.3 Å². The minimum atomic E-state index is 0.622. The van der Waals surface area contributed by atoms with Gasteiger partial charge in [0.2, 0.25) is 0 Å². The number of aromatic nitrogens is 3. The molecule has 0 aliphatic carbocycles. The third-order valence-corrected chi connectivity index (χ3v) is 11.1. The molecule has 0 saturated carbocycles. The van der Waals surface area contributed by atoms with Gasteiger partial charge in [-0.25, -0.2) is 0 Å². The molecule has 5 nitrogen and oxygen atoms in total. The number of fused-ring (bicyclic) bond motifs is 9. The zero-order valence-electron chi connectivity index (χ0n) is 29.5. The van der Waals surface area contributed by atoms with Crippen LogP contribution in [0.3, 0.4) is 0 Å². The molecule has 5 heteroatoms. The topological polar surface area (TPSA) is 62.4 Å². The van der Waals surface area contributed by atoms with Crippen LogP contribution in [-0.2, 0) is 0 Å². The van der Waals surface area contributed by atoms with Gasteiger partial charge in [-0.3, -0.25) is 0 Å². The molecule has 3 aromatic heterocycles. The highest BCUT2D eigenvalue weighted by Crippen LogP contribution is 2.41. The van der Waals surface area contributed by atoms with E-state index in [1.54, 1.807) is 0 Å². The van der Waals surface area contributed by atoms with E-state index in [0.29, 0.717) is 11.1 Å². The van der Waals surface area contributed by atoms with Crippen LogP contribution in [0, 0.1) is 22.7 Å². The van der Waals surface area contributed by atoms with Gasteiger partial charge in [-0.2, -0.15) is 10.5 Å². The standard InChI is InChI=1S/C50H29N5/c51-30-32-23-28-46-41(29-32)39-15-4-8-20-45(39)55(46)48-22-10-16-40-38-14-3-5-17-42(38)53(50(40)48)35-26-24-33(25-27-35)49-34(31-52)11-9-21-47(49)54-43-18-6-1-12-36(43)37-13-2-7-19-44(37)54/h1-29H. The van der Waals surface area contributed by atoms with Crippen molar-refractivity contribution >= 4 is 65.4 Å². The summed E-state index contributed by atoms with van der Waals surface area (Å²) < 4.78 is 6.98. The third-order valence-electron chi connectivity index (χ3n) is 11.1. The van der Waals surface area contributed by atoms with Gasteiger partial charge in [-0.1, -0.05) is 103 Å². The first-order chi connectivity index (χ1) is 27.2. The first-order valence-corrected chi connectivity index (χ1v) is 18.3. The first-order valence-electron chi connectivity index (χ1n) is 18.3. The van der Waals surface area contributed by atoms with Crippen LogP contribution in [0.5, 0.6) is 0 Å². The maximum Gasteiger partial charge on any atom is 0.0998 e. The molecule has 11 rings (SSSR count). The van der Waals surface area contributed by atoms with Crippen LogP contribution >= 0.6 is 0 Å². The van der Waals surface area contributed by atoms with E-state index in [-0.39, 0.29) is 0 Å². The highest BCUT2D eigenvalue weighted by atomic mass is 15.1. The number of nitriles is 2. The summed E-state index contributed by atoms with van der Waals surface area (Å²) in [6.07, 6.45) is 0. The normalized spacial score (nSPS) is 11.6. The van der Waals surface area contributed by atoms with E-state index in [9.17, 15) is 10.5 Å². The fourth-order valence-corrected chi connectivity index (χ4v) is 8.83. The molecule has 11 aromatic rings.